The number of carbonyl (C=O) groups is 2. The van der Waals surface area contributed by atoms with Gasteiger partial charge in [-0.2, -0.15) is 0 Å². The first-order valence-corrected chi connectivity index (χ1v) is 15.4. The zero-order valence-corrected chi connectivity index (χ0v) is 26.7. The van der Waals surface area contributed by atoms with Gasteiger partial charge in [0.2, 0.25) is 0 Å². The van der Waals surface area contributed by atoms with Crippen molar-refractivity contribution < 1.29 is 28.5 Å². The van der Waals surface area contributed by atoms with E-state index in [0.717, 1.165) is 22.2 Å². The number of allylic oxidation sites excluding steroid dienone is 2. The molecule has 1 aliphatic rings. The van der Waals surface area contributed by atoms with Crippen molar-refractivity contribution in [1.29, 1.82) is 0 Å². The highest BCUT2D eigenvalue weighted by Gasteiger charge is 2.34. The summed E-state index contributed by atoms with van der Waals surface area (Å²) in [7, 11) is 1.28. The van der Waals surface area contributed by atoms with Crippen molar-refractivity contribution in [1.82, 2.24) is 9.13 Å². The highest BCUT2D eigenvalue weighted by Crippen LogP contribution is 2.36. The second-order valence-corrected chi connectivity index (χ2v) is 11.2. The fourth-order valence-corrected chi connectivity index (χ4v) is 6.55. The quantitative estimate of drug-likeness (QED) is 0.181. The van der Waals surface area contributed by atoms with Crippen LogP contribution in [-0.2, 0) is 25.6 Å². The second kappa shape index (κ2) is 13.4. The van der Waals surface area contributed by atoms with Gasteiger partial charge in [-0.15, -0.1) is 6.58 Å². The number of thiazole rings is 1. The molecule has 0 amide bonds. The Morgan fingerprint density at radius 2 is 1.84 bits per heavy atom. The molecule has 2 aromatic carbocycles. The minimum Gasteiger partial charge on any atom is -0.490 e. The summed E-state index contributed by atoms with van der Waals surface area (Å²) in [4.78, 5) is 44.5. The maximum atomic E-state index is 14.3. The Bertz CT molecular complexity index is 2010. The van der Waals surface area contributed by atoms with Gasteiger partial charge in [-0.3, -0.25) is 9.36 Å². The lowest BCUT2D eigenvalue weighted by Crippen LogP contribution is -2.40. The molecule has 2 aromatic heterocycles. The van der Waals surface area contributed by atoms with Crippen LogP contribution in [0.15, 0.2) is 76.2 Å². The highest BCUT2D eigenvalue weighted by molar-refractivity contribution is 7.07. The SMILES string of the molecule is C=CCn1c(C)c(/C=c2\sc3n(c2=O)[C@H](c2ccc(OCC(=O)OC)c(OCC)c2)C(C(=O)OCC)=C(C)N=3)c2ccccc21. The fraction of sp³-hybridized carbons (Fsp3) is 0.294. The number of benzene rings is 2. The number of esters is 2. The minimum absolute atomic E-state index is 0.158. The predicted octanol–water partition coefficient (Wildman–Crippen LogP) is 4.20. The summed E-state index contributed by atoms with van der Waals surface area (Å²) in [6, 6.07) is 12.3. The van der Waals surface area contributed by atoms with Gasteiger partial charge in [-0.05, 0) is 57.5 Å². The van der Waals surface area contributed by atoms with E-state index in [9.17, 15) is 14.4 Å². The standard InChI is InChI=1S/C34H35N3O7S/c1-7-16-36-21(5)24(23-12-10-11-13-25(23)36)18-28-32(39)37-31(30(33(40)43-9-3)20(4)35-34(37)45-28)22-14-15-26(27(17-22)42-8-2)44-19-29(38)41-6/h7,10-15,17-18,31H,1,8-9,16,19H2,2-6H3/b28-18-/t31-/m1/s1. The summed E-state index contributed by atoms with van der Waals surface area (Å²) >= 11 is 1.26. The fourth-order valence-electron chi connectivity index (χ4n) is 5.52. The van der Waals surface area contributed by atoms with Crippen molar-refractivity contribution in [3.8, 4) is 11.5 Å². The molecular weight excluding hydrogens is 594 g/mol. The summed E-state index contributed by atoms with van der Waals surface area (Å²) in [5, 5.41) is 1.02. The Hall–Kier alpha value is -4.90. The number of para-hydroxylation sites is 1. The van der Waals surface area contributed by atoms with Crippen LogP contribution in [0, 0.1) is 6.92 Å². The topological polar surface area (TPSA) is 110 Å². The number of hydrogen-bond donors (Lipinski definition) is 0. The molecule has 0 radical (unpaired) electrons. The van der Waals surface area contributed by atoms with E-state index in [0.29, 0.717) is 45.2 Å². The molecular formula is C34H35N3O7S. The zero-order valence-electron chi connectivity index (χ0n) is 25.9. The lowest BCUT2D eigenvalue weighted by Gasteiger charge is -2.25. The molecule has 0 bridgehead atoms. The molecule has 10 nitrogen and oxygen atoms in total. The summed E-state index contributed by atoms with van der Waals surface area (Å²) in [5.74, 6) is -0.433. The lowest BCUT2D eigenvalue weighted by molar-refractivity contribution is -0.143. The molecule has 1 atom stereocenters. The maximum Gasteiger partial charge on any atom is 0.343 e. The number of fused-ring (bicyclic) bond motifs is 2. The lowest BCUT2D eigenvalue weighted by atomic mass is 9.95. The van der Waals surface area contributed by atoms with Crippen molar-refractivity contribution in [2.24, 2.45) is 4.99 Å². The molecule has 0 spiro atoms. The van der Waals surface area contributed by atoms with E-state index >= 15 is 0 Å². The molecule has 5 rings (SSSR count). The van der Waals surface area contributed by atoms with Crippen LogP contribution in [0.2, 0.25) is 0 Å². The molecule has 0 saturated heterocycles. The van der Waals surface area contributed by atoms with Gasteiger partial charge in [0.1, 0.15) is 0 Å². The number of carbonyl (C=O) groups excluding carboxylic acids is 2. The monoisotopic (exact) mass is 629 g/mol. The Morgan fingerprint density at radius 1 is 1.07 bits per heavy atom. The van der Waals surface area contributed by atoms with Gasteiger partial charge in [0.05, 0.1) is 42.2 Å². The van der Waals surface area contributed by atoms with Crippen LogP contribution in [0.25, 0.3) is 17.0 Å². The second-order valence-electron chi connectivity index (χ2n) is 10.2. The summed E-state index contributed by atoms with van der Waals surface area (Å²) in [6.45, 7) is 12.0. The number of rotatable bonds is 11. The molecule has 45 heavy (non-hydrogen) atoms. The van der Waals surface area contributed by atoms with E-state index in [1.807, 2.05) is 50.3 Å². The Morgan fingerprint density at radius 3 is 2.56 bits per heavy atom. The summed E-state index contributed by atoms with van der Waals surface area (Å²) in [5.41, 5.74) is 3.99. The number of ether oxygens (including phenoxy) is 4. The molecule has 234 valence electrons. The van der Waals surface area contributed by atoms with Crippen molar-refractivity contribution in [2.75, 3.05) is 26.9 Å². The van der Waals surface area contributed by atoms with Crippen LogP contribution in [-0.4, -0.2) is 48.0 Å². The van der Waals surface area contributed by atoms with Crippen LogP contribution in [0.3, 0.4) is 0 Å². The van der Waals surface area contributed by atoms with Gasteiger partial charge in [-0.25, -0.2) is 14.6 Å². The smallest absolute Gasteiger partial charge is 0.343 e. The molecule has 4 aromatic rings. The van der Waals surface area contributed by atoms with Crippen LogP contribution >= 0.6 is 11.3 Å². The third kappa shape index (κ3) is 5.95. The first-order chi connectivity index (χ1) is 21.7. The van der Waals surface area contributed by atoms with Crippen LogP contribution < -0.4 is 24.4 Å². The summed E-state index contributed by atoms with van der Waals surface area (Å²) < 4.78 is 25.8. The van der Waals surface area contributed by atoms with E-state index in [1.165, 1.54) is 23.0 Å². The average Bonchev–Trinajstić information content (AvgIpc) is 3.48. The van der Waals surface area contributed by atoms with Crippen LogP contribution in [0.1, 0.15) is 43.6 Å². The number of hydrogen-bond acceptors (Lipinski definition) is 9. The molecule has 3 heterocycles. The normalized spacial score (nSPS) is 14.6. The van der Waals surface area contributed by atoms with Gasteiger partial charge in [0.25, 0.3) is 5.56 Å². The largest absolute Gasteiger partial charge is 0.490 e. The Kier molecular flexibility index (Phi) is 9.38. The van der Waals surface area contributed by atoms with Crippen LogP contribution in [0.4, 0.5) is 0 Å². The molecule has 0 N–H and O–H groups in total. The van der Waals surface area contributed by atoms with E-state index < -0.39 is 18.0 Å². The highest BCUT2D eigenvalue weighted by atomic mass is 32.1. The van der Waals surface area contributed by atoms with E-state index in [1.54, 1.807) is 32.0 Å². The van der Waals surface area contributed by atoms with Crippen molar-refractivity contribution in [3.63, 3.8) is 0 Å². The van der Waals surface area contributed by atoms with Crippen LogP contribution in [0.5, 0.6) is 11.5 Å². The zero-order chi connectivity index (χ0) is 32.2. The van der Waals surface area contributed by atoms with Gasteiger partial charge in [0.15, 0.2) is 22.9 Å². The van der Waals surface area contributed by atoms with Gasteiger partial charge in [0, 0.05) is 28.7 Å². The van der Waals surface area contributed by atoms with E-state index in [-0.39, 0.29) is 24.3 Å². The van der Waals surface area contributed by atoms with Crippen molar-refractivity contribution in [3.05, 3.63) is 103 Å². The molecule has 1 aliphatic heterocycles. The third-order valence-corrected chi connectivity index (χ3v) is 8.52. The first kappa shape index (κ1) is 31.5. The predicted molar refractivity (Wildman–Crippen MR) is 172 cm³/mol. The molecule has 11 heteroatoms. The van der Waals surface area contributed by atoms with Gasteiger partial charge in [-0.1, -0.05) is 41.7 Å². The maximum absolute atomic E-state index is 14.3. The molecule has 0 saturated carbocycles. The van der Waals surface area contributed by atoms with E-state index in [2.05, 4.69) is 15.9 Å². The van der Waals surface area contributed by atoms with Crippen molar-refractivity contribution in [2.45, 2.75) is 40.3 Å². The van der Waals surface area contributed by atoms with Gasteiger partial charge >= 0.3 is 11.9 Å². The number of nitrogens with zero attached hydrogens (tertiary/aromatic N) is 3. The summed E-state index contributed by atoms with van der Waals surface area (Å²) in [6.07, 6.45) is 3.75. The number of methoxy groups -OCH3 is 1. The van der Waals surface area contributed by atoms with Crippen molar-refractivity contribution >= 4 is 40.3 Å². The first-order valence-electron chi connectivity index (χ1n) is 14.6. The third-order valence-electron chi connectivity index (χ3n) is 7.54. The average molecular weight is 630 g/mol. The molecule has 0 fully saturated rings. The minimum atomic E-state index is -0.848. The van der Waals surface area contributed by atoms with E-state index in [4.69, 9.17) is 19.2 Å². The number of aromatic nitrogens is 2. The molecule has 0 aliphatic carbocycles. The Labute approximate surface area is 264 Å². The van der Waals surface area contributed by atoms with Gasteiger partial charge < -0.3 is 23.5 Å². The molecule has 0 unspecified atom stereocenters. The Balaban J connectivity index is 1.72.